The first-order chi connectivity index (χ1) is 13.4. The number of aliphatic hydroxyl groups excluding tert-OH is 1. The first kappa shape index (κ1) is 20.5. The Balaban J connectivity index is 1.70. The summed E-state index contributed by atoms with van der Waals surface area (Å²) in [7, 11) is 0. The van der Waals surface area contributed by atoms with Gasteiger partial charge < -0.3 is 9.84 Å². The van der Waals surface area contributed by atoms with Gasteiger partial charge in [0.1, 0.15) is 18.2 Å². The summed E-state index contributed by atoms with van der Waals surface area (Å²) in [4.78, 5) is 0. The average Bonchev–Trinajstić information content (AvgIpc) is 2.68. The van der Waals surface area contributed by atoms with Gasteiger partial charge in [0, 0.05) is 11.6 Å². The highest BCUT2D eigenvalue weighted by Crippen LogP contribution is 2.42. The molecule has 0 spiro atoms. The molecule has 3 rings (SSSR count). The fourth-order valence-corrected chi connectivity index (χ4v) is 4.02. The van der Waals surface area contributed by atoms with Gasteiger partial charge in [0.25, 0.3) is 0 Å². The molecule has 0 amide bonds. The van der Waals surface area contributed by atoms with Gasteiger partial charge in [-0.05, 0) is 61.6 Å². The van der Waals surface area contributed by atoms with E-state index in [9.17, 15) is 18.3 Å². The molecule has 0 heterocycles. The molecule has 1 aliphatic rings. The molecule has 0 aromatic heterocycles. The minimum atomic E-state index is -1.05. The average molecular weight is 390 g/mol. The van der Waals surface area contributed by atoms with E-state index in [1.807, 2.05) is 0 Å². The monoisotopic (exact) mass is 390 g/mol. The predicted molar refractivity (Wildman–Crippen MR) is 103 cm³/mol. The summed E-state index contributed by atoms with van der Waals surface area (Å²) >= 11 is 0. The van der Waals surface area contributed by atoms with Crippen LogP contribution in [0.2, 0.25) is 0 Å². The van der Waals surface area contributed by atoms with Crippen molar-refractivity contribution >= 4 is 0 Å². The van der Waals surface area contributed by atoms with Crippen LogP contribution in [0.1, 0.15) is 67.2 Å². The topological polar surface area (TPSA) is 29.5 Å². The van der Waals surface area contributed by atoms with Gasteiger partial charge in [-0.3, -0.25) is 0 Å². The zero-order chi connectivity index (χ0) is 20.3. The Hall–Kier alpha value is -2.27. The van der Waals surface area contributed by atoms with E-state index in [0.717, 1.165) is 0 Å². The quantitative estimate of drug-likeness (QED) is 0.598. The Kier molecular flexibility index (Phi) is 6.45. The van der Waals surface area contributed by atoms with E-state index in [1.54, 1.807) is 24.3 Å². The highest BCUT2D eigenvalue weighted by atomic mass is 19.2. The normalized spacial score (nSPS) is 20.6. The molecular formula is C23H25F3O2. The molecule has 0 aliphatic heterocycles. The molecular weight excluding hydrogens is 365 g/mol. The SMILES string of the molecule is C=CCOc1ccc(C2CCC(c3ccc(C(C)O)c(F)c3F)CC2)c(F)c1. The minimum absolute atomic E-state index is 0.0317. The van der Waals surface area contributed by atoms with Gasteiger partial charge in [-0.25, -0.2) is 13.2 Å². The minimum Gasteiger partial charge on any atom is -0.489 e. The summed E-state index contributed by atoms with van der Waals surface area (Å²) in [6.45, 7) is 5.29. The molecule has 1 saturated carbocycles. The van der Waals surface area contributed by atoms with Crippen molar-refractivity contribution in [1.29, 1.82) is 0 Å². The van der Waals surface area contributed by atoms with Crippen LogP contribution in [0.3, 0.4) is 0 Å². The van der Waals surface area contributed by atoms with Crippen molar-refractivity contribution < 1.29 is 23.0 Å². The molecule has 1 fully saturated rings. The third-order valence-electron chi connectivity index (χ3n) is 5.54. The fraction of sp³-hybridized carbons (Fsp3) is 0.391. The molecule has 150 valence electrons. The second-order valence-electron chi connectivity index (χ2n) is 7.38. The molecule has 1 aliphatic carbocycles. The lowest BCUT2D eigenvalue weighted by Gasteiger charge is -2.30. The summed E-state index contributed by atoms with van der Waals surface area (Å²) in [5, 5.41) is 9.53. The molecule has 0 radical (unpaired) electrons. The van der Waals surface area contributed by atoms with Crippen LogP contribution in [-0.4, -0.2) is 11.7 Å². The second-order valence-corrected chi connectivity index (χ2v) is 7.38. The first-order valence-electron chi connectivity index (χ1n) is 9.61. The highest BCUT2D eigenvalue weighted by Gasteiger charge is 2.28. The Morgan fingerprint density at radius 2 is 1.64 bits per heavy atom. The van der Waals surface area contributed by atoms with Gasteiger partial charge in [0.15, 0.2) is 11.6 Å². The summed E-state index contributed by atoms with van der Waals surface area (Å²) in [5.41, 5.74) is 0.949. The molecule has 2 aromatic rings. The van der Waals surface area contributed by atoms with Gasteiger partial charge >= 0.3 is 0 Å². The summed E-state index contributed by atoms with van der Waals surface area (Å²) in [5.74, 6) is -1.75. The van der Waals surface area contributed by atoms with E-state index < -0.39 is 17.7 Å². The van der Waals surface area contributed by atoms with Crippen LogP contribution >= 0.6 is 0 Å². The smallest absolute Gasteiger partial charge is 0.164 e. The zero-order valence-corrected chi connectivity index (χ0v) is 15.9. The molecule has 5 heteroatoms. The van der Waals surface area contributed by atoms with E-state index in [1.165, 1.54) is 19.1 Å². The largest absolute Gasteiger partial charge is 0.489 e. The lowest BCUT2D eigenvalue weighted by Crippen LogP contribution is -2.15. The first-order valence-corrected chi connectivity index (χ1v) is 9.61. The van der Waals surface area contributed by atoms with E-state index in [2.05, 4.69) is 6.58 Å². The van der Waals surface area contributed by atoms with Crippen molar-refractivity contribution in [2.45, 2.75) is 50.5 Å². The van der Waals surface area contributed by atoms with Crippen molar-refractivity contribution in [3.8, 4) is 5.75 Å². The second kappa shape index (κ2) is 8.82. The van der Waals surface area contributed by atoms with Gasteiger partial charge in [0.05, 0.1) is 6.10 Å². The van der Waals surface area contributed by atoms with Crippen LogP contribution in [0.25, 0.3) is 0 Å². The number of benzene rings is 2. The maximum absolute atomic E-state index is 14.5. The Labute approximate surface area is 163 Å². The summed E-state index contributed by atoms with van der Waals surface area (Å²) in [6, 6.07) is 7.90. The number of hydrogen-bond donors (Lipinski definition) is 1. The predicted octanol–water partition coefficient (Wildman–Crippen LogP) is 6.16. The maximum atomic E-state index is 14.5. The molecule has 2 nitrogen and oxygen atoms in total. The Morgan fingerprint density at radius 3 is 2.21 bits per heavy atom. The van der Waals surface area contributed by atoms with Crippen LogP contribution in [0.15, 0.2) is 43.0 Å². The van der Waals surface area contributed by atoms with Crippen molar-refractivity contribution in [2.24, 2.45) is 0 Å². The molecule has 2 aromatic carbocycles. The van der Waals surface area contributed by atoms with Gasteiger partial charge in [-0.2, -0.15) is 0 Å². The number of halogens is 3. The van der Waals surface area contributed by atoms with Crippen molar-refractivity contribution in [2.75, 3.05) is 6.61 Å². The number of ether oxygens (including phenoxy) is 1. The Morgan fingerprint density at radius 1 is 1.04 bits per heavy atom. The molecule has 28 heavy (non-hydrogen) atoms. The third kappa shape index (κ3) is 4.25. The third-order valence-corrected chi connectivity index (χ3v) is 5.54. The van der Waals surface area contributed by atoms with Crippen LogP contribution in [0.4, 0.5) is 13.2 Å². The fourth-order valence-electron chi connectivity index (χ4n) is 4.02. The number of hydrogen-bond acceptors (Lipinski definition) is 2. The van der Waals surface area contributed by atoms with Gasteiger partial charge in [0.2, 0.25) is 0 Å². The van der Waals surface area contributed by atoms with Crippen LogP contribution in [0, 0.1) is 17.5 Å². The van der Waals surface area contributed by atoms with Crippen molar-refractivity contribution in [3.63, 3.8) is 0 Å². The maximum Gasteiger partial charge on any atom is 0.164 e. The van der Waals surface area contributed by atoms with E-state index in [4.69, 9.17) is 4.74 Å². The van der Waals surface area contributed by atoms with Gasteiger partial charge in [-0.1, -0.05) is 30.9 Å². The number of aliphatic hydroxyl groups is 1. The highest BCUT2D eigenvalue weighted by molar-refractivity contribution is 5.33. The van der Waals surface area contributed by atoms with Crippen molar-refractivity contribution in [3.05, 3.63) is 77.1 Å². The Bertz CT molecular complexity index is 840. The van der Waals surface area contributed by atoms with Crippen LogP contribution < -0.4 is 4.74 Å². The molecule has 1 atom stereocenters. The van der Waals surface area contributed by atoms with Gasteiger partial charge in [-0.15, -0.1) is 0 Å². The van der Waals surface area contributed by atoms with Crippen molar-refractivity contribution in [1.82, 2.24) is 0 Å². The number of rotatable bonds is 6. The van der Waals surface area contributed by atoms with Crippen LogP contribution in [-0.2, 0) is 0 Å². The van der Waals surface area contributed by atoms with E-state index >= 15 is 0 Å². The molecule has 0 bridgehead atoms. The standard InChI is InChI=1S/C23H25F3O2/c1-3-12-28-17-8-9-19(21(24)13-17)15-4-6-16(7-5-15)20-11-10-18(14(2)27)22(25)23(20)26/h3,8-11,13-16,27H,1,4-7,12H2,2H3. The van der Waals surface area contributed by atoms with E-state index in [0.29, 0.717) is 49.2 Å². The van der Waals surface area contributed by atoms with E-state index in [-0.39, 0.29) is 23.2 Å². The lowest BCUT2D eigenvalue weighted by molar-refractivity contribution is 0.192. The summed E-state index contributed by atoms with van der Waals surface area (Å²) < 4.78 is 48.5. The molecule has 0 saturated heterocycles. The molecule has 1 unspecified atom stereocenters. The molecule has 1 N–H and O–H groups in total. The van der Waals surface area contributed by atoms with Crippen LogP contribution in [0.5, 0.6) is 5.75 Å². The zero-order valence-electron chi connectivity index (χ0n) is 15.9. The summed E-state index contributed by atoms with van der Waals surface area (Å²) in [6.07, 6.45) is 3.26. The lowest BCUT2D eigenvalue weighted by atomic mass is 9.75.